The quantitative estimate of drug-likeness (QED) is 0.317. The molecular formula is C21H26FN5O. The van der Waals surface area contributed by atoms with Gasteiger partial charge < -0.3 is 20.4 Å². The number of hydrogen-bond donors (Lipinski definition) is 3. The van der Waals surface area contributed by atoms with E-state index in [4.69, 9.17) is 4.74 Å². The van der Waals surface area contributed by atoms with Crippen molar-refractivity contribution >= 4 is 17.0 Å². The Kier molecular flexibility index (Phi) is 6.84. The molecule has 1 aromatic heterocycles. The zero-order valence-electron chi connectivity index (χ0n) is 16.2. The lowest BCUT2D eigenvalue weighted by Gasteiger charge is -2.17. The lowest BCUT2D eigenvalue weighted by atomic mass is 10.3. The summed E-state index contributed by atoms with van der Waals surface area (Å²) in [4.78, 5) is 12.1. The third-order valence-electron chi connectivity index (χ3n) is 4.24. The molecule has 2 aromatic carbocycles. The number of rotatable bonds is 8. The van der Waals surface area contributed by atoms with Gasteiger partial charge in [0.05, 0.1) is 17.6 Å². The first kappa shape index (κ1) is 19.7. The molecule has 3 rings (SSSR count). The Bertz CT molecular complexity index is 891. The zero-order chi connectivity index (χ0) is 19.8. The number of fused-ring (bicyclic) bond motifs is 1. The molecule has 0 amide bonds. The number of aliphatic imine (C=N–C) groups is 1. The van der Waals surface area contributed by atoms with Crippen LogP contribution in [0, 0.1) is 5.82 Å². The number of ether oxygens (including phenoxy) is 1. The number of benzene rings is 2. The van der Waals surface area contributed by atoms with Crippen molar-refractivity contribution in [1.82, 2.24) is 20.6 Å². The molecule has 6 nitrogen and oxygen atoms in total. The zero-order valence-corrected chi connectivity index (χ0v) is 16.2. The topological polar surface area (TPSA) is 74.3 Å². The molecule has 0 spiro atoms. The average Bonchev–Trinajstić information content (AvgIpc) is 3.10. The van der Waals surface area contributed by atoms with E-state index in [0.29, 0.717) is 18.3 Å². The Hall–Kier alpha value is -3.09. The number of nitrogens with zero attached hydrogens (tertiary/aromatic N) is 2. The van der Waals surface area contributed by atoms with Gasteiger partial charge >= 0.3 is 0 Å². The highest BCUT2D eigenvalue weighted by molar-refractivity contribution is 5.79. The van der Waals surface area contributed by atoms with E-state index in [1.165, 1.54) is 12.1 Å². The molecule has 148 valence electrons. The first-order valence-corrected chi connectivity index (χ1v) is 9.44. The fourth-order valence-corrected chi connectivity index (χ4v) is 2.86. The fourth-order valence-electron chi connectivity index (χ4n) is 2.86. The maximum absolute atomic E-state index is 13.2. The van der Waals surface area contributed by atoms with Crippen molar-refractivity contribution in [3.8, 4) is 5.75 Å². The molecule has 0 saturated carbocycles. The normalized spacial score (nSPS) is 12.8. The van der Waals surface area contributed by atoms with Crippen molar-refractivity contribution in [2.24, 2.45) is 4.99 Å². The monoisotopic (exact) mass is 383 g/mol. The summed E-state index contributed by atoms with van der Waals surface area (Å²) in [6, 6.07) is 14.2. The summed E-state index contributed by atoms with van der Waals surface area (Å²) >= 11 is 0. The van der Waals surface area contributed by atoms with Crippen LogP contribution in [-0.2, 0) is 6.42 Å². The maximum Gasteiger partial charge on any atom is 0.191 e. The minimum atomic E-state index is -0.306. The number of para-hydroxylation sites is 2. The van der Waals surface area contributed by atoms with Crippen LogP contribution in [0.3, 0.4) is 0 Å². The molecule has 0 aliphatic rings. The number of aryl methyl sites for hydroxylation is 1. The van der Waals surface area contributed by atoms with Gasteiger partial charge in [-0.3, -0.25) is 4.99 Å². The molecule has 1 unspecified atom stereocenters. The van der Waals surface area contributed by atoms with Gasteiger partial charge in [-0.25, -0.2) is 9.37 Å². The number of H-pyrrole nitrogens is 1. The fraction of sp³-hybridized carbons (Fsp3) is 0.333. The van der Waals surface area contributed by atoms with Gasteiger partial charge in [0.25, 0.3) is 0 Å². The molecule has 28 heavy (non-hydrogen) atoms. The van der Waals surface area contributed by atoms with E-state index in [1.807, 2.05) is 31.2 Å². The van der Waals surface area contributed by atoms with E-state index in [9.17, 15) is 4.39 Å². The maximum atomic E-state index is 13.2. The smallest absolute Gasteiger partial charge is 0.191 e. The second kappa shape index (κ2) is 9.73. The Morgan fingerprint density at radius 1 is 1.21 bits per heavy atom. The van der Waals surface area contributed by atoms with Gasteiger partial charge in [0.15, 0.2) is 5.96 Å². The summed E-state index contributed by atoms with van der Waals surface area (Å²) in [5, 5.41) is 6.50. The Morgan fingerprint density at radius 3 is 2.86 bits per heavy atom. The van der Waals surface area contributed by atoms with Crippen LogP contribution in [0.2, 0.25) is 0 Å². The lowest BCUT2D eigenvalue weighted by Crippen LogP contribution is -2.42. The molecule has 0 aliphatic carbocycles. The van der Waals surface area contributed by atoms with E-state index in [1.54, 1.807) is 19.2 Å². The summed E-state index contributed by atoms with van der Waals surface area (Å²) < 4.78 is 18.9. The van der Waals surface area contributed by atoms with E-state index in [2.05, 4.69) is 25.6 Å². The van der Waals surface area contributed by atoms with Crippen molar-refractivity contribution in [3.05, 3.63) is 60.2 Å². The number of aromatic amines is 1. The second-order valence-electron chi connectivity index (χ2n) is 6.57. The SMILES string of the molecule is CN=C(NCCCc1nc2ccccc2[nH]1)NCC(C)Oc1cccc(F)c1. The first-order chi connectivity index (χ1) is 13.6. The van der Waals surface area contributed by atoms with Crippen molar-refractivity contribution < 1.29 is 9.13 Å². The van der Waals surface area contributed by atoms with E-state index in [-0.39, 0.29) is 11.9 Å². The van der Waals surface area contributed by atoms with Crippen LogP contribution in [0.1, 0.15) is 19.2 Å². The van der Waals surface area contributed by atoms with E-state index in [0.717, 1.165) is 36.2 Å². The summed E-state index contributed by atoms with van der Waals surface area (Å²) in [6.07, 6.45) is 1.66. The first-order valence-electron chi connectivity index (χ1n) is 9.44. The molecule has 1 atom stereocenters. The third kappa shape index (κ3) is 5.70. The predicted octanol–water partition coefficient (Wildman–Crippen LogP) is 3.27. The van der Waals surface area contributed by atoms with Gasteiger partial charge in [-0.2, -0.15) is 0 Å². The highest BCUT2D eigenvalue weighted by Crippen LogP contribution is 2.13. The largest absolute Gasteiger partial charge is 0.489 e. The van der Waals surface area contributed by atoms with Crippen LogP contribution in [0.25, 0.3) is 11.0 Å². The predicted molar refractivity (Wildman–Crippen MR) is 110 cm³/mol. The Labute approximate surface area is 164 Å². The van der Waals surface area contributed by atoms with Crippen LogP contribution >= 0.6 is 0 Å². The van der Waals surface area contributed by atoms with Crippen molar-refractivity contribution in [2.75, 3.05) is 20.1 Å². The molecule has 0 radical (unpaired) electrons. The highest BCUT2D eigenvalue weighted by atomic mass is 19.1. The van der Waals surface area contributed by atoms with E-state index >= 15 is 0 Å². The molecular weight excluding hydrogens is 357 g/mol. The van der Waals surface area contributed by atoms with Gasteiger partial charge in [-0.15, -0.1) is 0 Å². The number of aromatic nitrogens is 2. The highest BCUT2D eigenvalue weighted by Gasteiger charge is 2.07. The van der Waals surface area contributed by atoms with Gasteiger partial charge in [0.1, 0.15) is 23.5 Å². The van der Waals surface area contributed by atoms with Crippen LogP contribution in [0.5, 0.6) is 5.75 Å². The minimum Gasteiger partial charge on any atom is -0.489 e. The van der Waals surface area contributed by atoms with Gasteiger partial charge in [-0.1, -0.05) is 18.2 Å². The Morgan fingerprint density at radius 2 is 2.07 bits per heavy atom. The molecule has 7 heteroatoms. The molecule has 3 N–H and O–H groups in total. The van der Waals surface area contributed by atoms with Crippen LogP contribution < -0.4 is 15.4 Å². The number of guanidine groups is 1. The molecule has 0 bridgehead atoms. The van der Waals surface area contributed by atoms with Crippen molar-refractivity contribution in [2.45, 2.75) is 25.9 Å². The summed E-state index contributed by atoms with van der Waals surface area (Å²) in [5.41, 5.74) is 2.06. The Balaban J connectivity index is 1.37. The van der Waals surface area contributed by atoms with Gasteiger partial charge in [-0.05, 0) is 37.6 Å². The van der Waals surface area contributed by atoms with Crippen LogP contribution in [-0.4, -0.2) is 42.2 Å². The number of nitrogens with one attached hydrogen (secondary N) is 3. The molecule has 0 fully saturated rings. The molecule has 1 heterocycles. The third-order valence-corrected chi connectivity index (χ3v) is 4.24. The van der Waals surface area contributed by atoms with Crippen molar-refractivity contribution in [1.29, 1.82) is 0 Å². The van der Waals surface area contributed by atoms with E-state index < -0.39 is 0 Å². The number of imidazole rings is 1. The van der Waals surface area contributed by atoms with Gasteiger partial charge in [0.2, 0.25) is 0 Å². The second-order valence-corrected chi connectivity index (χ2v) is 6.57. The summed E-state index contributed by atoms with van der Waals surface area (Å²) in [7, 11) is 1.73. The molecule has 0 saturated heterocycles. The van der Waals surface area contributed by atoms with Crippen LogP contribution in [0.15, 0.2) is 53.5 Å². The van der Waals surface area contributed by atoms with Crippen molar-refractivity contribution in [3.63, 3.8) is 0 Å². The summed E-state index contributed by atoms with van der Waals surface area (Å²) in [5.74, 6) is 1.91. The lowest BCUT2D eigenvalue weighted by molar-refractivity contribution is 0.223. The number of halogens is 1. The standard InChI is InChI=1S/C21H26FN5O/c1-15(28-17-8-5-7-16(22)13-17)14-25-21(23-2)24-12-6-11-20-26-18-9-3-4-10-19(18)27-20/h3-5,7-10,13,15H,6,11-12,14H2,1-2H3,(H,26,27)(H2,23,24,25). The molecule has 0 aliphatic heterocycles. The van der Waals surface area contributed by atoms with Crippen LogP contribution in [0.4, 0.5) is 4.39 Å². The number of hydrogen-bond acceptors (Lipinski definition) is 3. The molecule has 3 aromatic rings. The summed E-state index contributed by atoms with van der Waals surface area (Å²) in [6.45, 7) is 3.25. The minimum absolute atomic E-state index is 0.129. The van der Waals surface area contributed by atoms with Gasteiger partial charge in [0, 0.05) is 26.1 Å². The average molecular weight is 383 g/mol.